The van der Waals surface area contributed by atoms with Crippen LogP contribution in [0.2, 0.25) is 5.02 Å². The Kier molecular flexibility index (Phi) is 6.81. The van der Waals surface area contributed by atoms with Gasteiger partial charge in [0.25, 0.3) is 5.91 Å². The van der Waals surface area contributed by atoms with Crippen LogP contribution in [0.4, 0.5) is 15.9 Å². The molecule has 28 heavy (non-hydrogen) atoms. The van der Waals surface area contributed by atoms with E-state index in [1.807, 2.05) is 0 Å². The molecule has 0 aliphatic carbocycles. The number of benzene rings is 2. The molecule has 0 bridgehead atoms. The van der Waals surface area contributed by atoms with E-state index in [9.17, 15) is 9.18 Å². The molecule has 1 aromatic heterocycles. The molecule has 0 fully saturated rings. The number of carbonyl (C=O) groups excluding carboxylic acids is 1. The van der Waals surface area contributed by atoms with Crippen molar-refractivity contribution in [2.75, 3.05) is 23.8 Å². The van der Waals surface area contributed by atoms with Crippen LogP contribution in [0.15, 0.2) is 66.9 Å². The molecule has 5 nitrogen and oxygen atoms in total. The van der Waals surface area contributed by atoms with Crippen LogP contribution in [-0.4, -0.2) is 24.0 Å². The Morgan fingerprint density at radius 1 is 1.04 bits per heavy atom. The van der Waals surface area contributed by atoms with Crippen LogP contribution in [0, 0.1) is 5.82 Å². The standard InChI is InChI=1S/C21H19ClFN3O2/c22-16-3-8-19(9-4-16)28-14-21(27)26-18-7-10-20(25-13-18)24-12-11-15-1-5-17(23)6-2-15/h1-10,13H,11-12,14H2,(H,24,25)(H,26,27). The summed E-state index contributed by atoms with van der Waals surface area (Å²) in [7, 11) is 0. The number of ether oxygens (including phenoxy) is 1. The lowest BCUT2D eigenvalue weighted by Crippen LogP contribution is -2.20. The Morgan fingerprint density at radius 3 is 2.46 bits per heavy atom. The largest absolute Gasteiger partial charge is 0.484 e. The predicted molar refractivity (Wildman–Crippen MR) is 108 cm³/mol. The molecule has 2 aromatic carbocycles. The van der Waals surface area contributed by atoms with E-state index in [1.165, 1.54) is 12.1 Å². The van der Waals surface area contributed by atoms with Gasteiger partial charge in [-0.05, 0) is 60.5 Å². The zero-order chi connectivity index (χ0) is 19.8. The zero-order valence-corrected chi connectivity index (χ0v) is 15.7. The summed E-state index contributed by atoms with van der Waals surface area (Å²) in [5.41, 5.74) is 1.62. The molecule has 0 unspecified atom stereocenters. The molecule has 0 atom stereocenters. The molecule has 3 rings (SSSR count). The van der Waals surface area contributed by atoms with Crippen molar-refractivity contribution in [3.05, 3.63) is 83.3 Å². The summed E-state index contributed by atoms with van der Waals surface area (Å²) in [5, 5.41) is 6.51. The number of rotatable bonds is 8. The lowest BCUT2D eigenvalue weighted by Gasteiger charge is -2.09. The van der Waals surface area contributed by atoms with Gasteiger partial charge in [0.15, 0.2) is 6.61 Å². The van der Waals surface area contributed by atoms with E-state index in [-0.39, 0.29) is 18.3 Å². The molecule has 7 heteroatoms. The summed E-state index contributed by atoms with van der Waals surface area (Å²) < 4.78 is 18.3. The maximum atomic E-state index is 12.9. The zero-order valence-electron chi connectivity index (χ0n) is 15.0. The minimum Gasteiger partial charge on any atom is -0.484 e. The fraction of sp³-hybridized carbons (Fsp3) is 0.143. The van der Waals surface area contributed by atoms with Gasteiger partial charge in [0, 0.05) is 11.6 Å². The summed E-state index contributed by atoms with van der Waals surface area (Å²) in [6.07, 6.45) is 2.32. The van der Waals surface area contributed by atoms with Crippen molar-refractivity contribution in [3.8, 4) is 5.75 Å². The molecule has 0 aliphatic rings. The maximum Gasteiger partial charge on any atom is 0.262 e. The molecule has 0 spiro atoms. The predicted octanol–water partition coefficient (Wildman–Crippen LogP) is 4.55. The summed E-state index contributed by atoms with van der Waals surface area (Å²) in [4.78, 5) is 16.2. The minimum absolute atomic E-state index is 0.112. The second-order valence-corrected chi connectivity index (χ2v) is 6.46. The van der Waals surface area contributed by atoms with Crippen molar-refractivity contribution in [2.45, 2.75) is 6.42 Å². The van der Waals surface area contributed by atoms with E-state index in [0.717, 1.165) is 12.0 Å². The van der Waals surface area contributed by atoms with Crippen LogP contribution in [0.1, 0.15) is 5.56 Å². The Bertz CT molecular complexity index is 900. The summed E-state index contributed by atoms with van der Waals surface area (Å²) in [6, 6.07) is 16.7. The van der Waals surface area contributed by atoms with Gasteiger partial charge in [0.1, 0.15) is 17.4 Å². The average Bonchev–Trinajstić information content (AvgIpc) is 2.70. The first-order valence-corrected chi connectivity index (χ1v) is 9.09. The third-order valence-corrected chi connectivity index (χ3v) is 4.12. The van der Waals surface area contributed by atoms with Crippen molar-refractivity contribution in [1.82, 2.24) is 4.98 Å². The van der Waals surface area contributed by atoms with Gasteiger partial charge in [-0.2, -0.15) is 0 Å². The second kappa shape index (κ2) is 9.71. The SMILES string of the molecule is O=C(COc1ccc(Cl)cc1)Nc1ccc(NCCc2ccc(F)cc2)nc1. The van der Waals surface area contributed by atoms with E-state index in [1.54, 1.807) is 54.7 Å². The van der Waals surface area contributed by atoms with Gasteiger partial charge in [-0.3, -0.25) is 4.79 Å². The van der Waals surface area contributed by atoms with Gasteiger partial charge in [-0.25, -0.2) is 9.37 Å². The van der Waals surface area contributed by atoms with Crippen LogP contribution in [0.5, 0.6) is 5.75 Å². The van der Waals surface area contributed by atoms with E-state index < -0.39 is 0 Å². The quantitative estimate of drug-likeness (QED) is 0.583. The van der Waals surface area contributed by atoms with Crippen LogP contribution >= 0.6 is 11.6 Å². The average molecular weight is 400 g/mol. The number of aromatic nitrogens is 1. The lowest BCUT2D eigenvalue weighted by molar-refractivity contribution is -0.118. The molecule has 0 saturated heterocycles. The van der Waals surface area contributed by atoms with Crippen molar-refractivity contribution in [3.63, 3.8) is 0 Å². The first-order chi connectivity index (χ1) is 13.6. The Morgan fingerprint density at radius 2 is 1.79 bits per heavy atom. The number of hydrogen-bond donors (Lipinski definition) is 2. The van der Waals surface area contributed by atoms with Crippen LogP contribution < -0.4 is 15.4 Å². The van der Waals surface area contributed by atoms with Crippen molar-refractivity contribution < 1.29 is 13.9 Å². The smallest absolute Gasteiger partial charge is 0.262 e. The number of halogens is 2. The molecule has 0 radical (unpaired) electrons. The number of amides is 1. The summed E-state index contributed by atoms with van der Waals surface area (Å²) in [6.45, 7) is 0.554. The highest BCUT2D eigenvalue weighted by Gasteiger charge is 2.05. The van der Waals surface area contributed by atoms with E-state index >= 15 is 0 Å². The second-order valence-electron chi connectivity index (χ2n) is 6.03. The first-order valence-electron chi connectivity index (χ1n) is 8.71. The minimum atomic E-state index is -0.284. The van der Waals surface area contributed by atoms with Crippen molar-refractivity contribution in [1.29, 1.82) is 0 Å². The fourth-order valence-electron chi connectivity index (χ4n) is 2.44. The molecule has 144 valence electrons. The third kappa shape index (κ3) is 6.25. The number of nitrogens with one attached hydrogen (secondary N) is 2. The van der Waals surface area contributed by atoms with Crippen molar-refractivity contribution in [2.24, 2.45) is 0 Å². The number of carbonyl (C=O) groups is 1. The van der Waals surface area contributed by atoms with E-state index in [4.69, 9.17) is 16.3 Å². The number of pyridine rings is 1. The molecule has 2 N–H and O–H groups in total. The van der Waals surface area contributed by atoms with Crippen LogP contribution in [0.3, 0.4) is 0 Å². The van der Waals surface area contributed by atoms with Gasteiger partial charge in [0.05, 0.1) is 11.9 Å². The number of anilines is 2. The number of hydrogen-bond acceptors (Lipinski definition) is 4. The van der Waals surface area contributed by atoms with Gasteiger partial charge >= 0.3 is 0 Å². The molecule has 1 heterocycles. The highest BCUT2D eigenvalue weighted by Crippen LogP contribution is 2.15. The Hall–Kier alpha value is -3.12. The van der Waals surface area contributed by atoms with Crippen LogP contribution in [-0.2, 0) is 11.2 Å². The Balaban J connectivity index is 1.41. The highest BCUT2D eigenvalue weighted by atomic mass is 35.5. The molecular weight excluding hydrogens is 381 g/mol. The Labute approximate surface area is 167 Å². The van der Waals surface area contributed by atoms with Crippen molar-refractivity contribution >= 4 is 29.0 Å². The summed E-state index contributed by atoms with van der Waals surface area (Å²) >= 11 is 5.80. The molecule has 1 amide bonds. The fourth-order valence-corrected chi connectivity index (χ4v) is 2.56. The maximum absolute atomic E-state index is 12.9. The van der Waals surface area contributed by atoms with Crippen LogP contribution in [0.25, 0.3) is 0 Å². The molecule has 0 saturated carbocycles. The van der Waals surface area contributed by atoms with E-state index in [0.29, 0.717) is 28.8 Å². The molecule has 0 aliphatic heterocycles. The number of nitrogens with zero attached hydrogens (tertiary/aromatic N) is 1. The van der Waals surface area contributed by atoms with Gasteiger partial charge in [-0.1, -0.05) is 23.7 Å². The topological polar surface area (TPSA) is 63.2 Å². The van der Waals surface area contributed by atoms with Gasteiger partial charge < -0.3 is 15.4 Å². The summed E-state index contributed by atoms with van der Waals surface area (Å²) in [5.74, 6) is 0.735. The molecular formula is C21H19ClFN3O2. The lowest BCUT2D eigenvalue weighted by atomic mass is 10.1. The monoisotopic (exact) mass is 399 g/mol. The molecule has 3 aromatic rings. The third-order valence-electron chi connectivity index (χ3n) is 3.86. The van der Waals surface area contributed by atoms with Gasteiger partial charge in [-0.15, -0.1) is 0 Å². The van der Waals surface area contributed by atoms with E-state index in [2.05, 4.69) is 15.6 Å². The van der Waals surface area contributed by atoms with Gasteiger partial charge in [0.2, 0.25) is 0 Å². The first kappa shape index (κ1) is 19.6. The highest BCUT2D eigenvalue weighted by molar-refractivity contribution is 6.30. The normalized spacial score (nSPS) is 10.4.